The third-order valence-electron chi connectivity index (χ3n) is 3.75. The molecule has 0 heterocycles. The van der Waals surface area contributed by atoms with E-state index in [1.54, 1.807) is 25.3 Å². The van der Waals surface area contributed by atoms with E-state index in [9.17, 15) is 5.11 Å². The van der Waals surface area contributed by atoms with Crippen molar-refractivity contribution in [1.82, 2.24) is 0 Å². The van der Waals surface area contributed by atoms with Gasteiger partial charge in [-0.05, 0) is 36.2 Å². The van der Waals surface area contributed by atoms with Crippen molar-refractivity contribution in [2.45, 2.75) is 13.5 Å². The van der Waals surface area contributed by atoms with E-state index in [1.807, 2.05) is 37.3 Å². The maximum absolute atomic E-state index is 10.4. The zero-order chi connectivity index (χ0) is 16.4. The van der Waals surface area contributed by atoms with Crippen LogP contribution in [0.25, 0.3) is 10.8 Å². The van der Waals surface area contributed by atoms with Crippen LogP contribution in [0.4, 0.5) is 0 Å². The Morgan fingerprint density at radius 3 is 2.48 bits per heavy atom. The minimum absolute atomic E-state index is 0.129. The molecule has 0 atom stereocenters. The lowest BCUT2D eigenvalue weighted by Crippen LogP contribution is -1.97. The van der Waals surface area contributed by atoms with Crippen LogP contribution in [-0.4, -0.2) is 12.2 Å². The fourth-order valence-corrected chi connectivity index (χ4v) is 2.94. The molecule has 4 heteroatoms. The smallest absolute Gasteiger partial charge is 0.131 e. The number of phenolic OH excluding ortho intramolecular Hbond substituents is 1. The molecule has 0 fully saturated rings. The van der Waals surface area contributed by atoms with Gasteiger partial charge in [0.05, 0.1) is 22.9 Å². The van der Waals surface area contributed by atoms with Crippen LogP contribution in [0.2, 0.25) is 5.02 Å². The Morgan fingerprint density at radius 2 is 1.78 bits per heavy atom. The third-order valence-corrected chi connectivity index (χ3v) is 4.07. The number of rotatable bonds is 4. The number of ether oxygens (including phenoxy) is 2. The van der Waals surface area contributed by atoms with Gasteiger partial charge >= 0.3 is 0 Å². The van der Waals surface area contributed by atoms with Gasteiger partial charge in [-0.2, -0.15) is 0 Å². The minimum Gasteiger partial charge on any atom is -0.507 e. The first kappa shape index (κ1) is 15.5. The van der Waals surface area contributed by atoms with Crippen LogP contribution in [0, 0.1) is 6.92 Å². The zero-order valence-electron chi connectivity index (χ0n) is 13.0. The molecule has 0 aliphatic carbocycles. The van der Waals surface area contributed by atoms with E-state index in [4.69, 9.17) is 21.1 Å². The standard InChI is InChI=1S/C19H17ClO3/c1-12-10-15(21)18-16(23-11-13-6-4-3-5-7-13)9-8-14(20)17(18)19(12)22-2/h3-10,21H,11H2,1-2H3. The number of aromatic hydroxyl groups is 1. The highest BCUT2D eigenvalue weighted by molar-refractivity contribution is 6.36. The van der Waals surface area contributed by atoms with Crippen molar-refractivity contribution >= 4 is 22.4 Å². The summed E-state index contributed by atoms with van der Waals surface area (Å²) in [6.45, 7) is 2.28. The number of hydrogen-bond donors (Lipinski definition) is 1. The summed E-state index contributed by atoms with van der Waals surface area (Å²) in [5.74, 6) is 1.35. The summed E-state index contributed by atoms with van der Waals surface area (Å²) in [5.41, 5.74) is 1.87. The normalized spacial score (nSPS) is 10.7. The summed E-state index contributed by atoms with van der Waals surface area (Å²) in [7, 11) is 1.59. The van der Waals surface area contributed by atoms with E-state index < -0.39 is 0 Å². The number of halogens is 1. The molecule has 0 bridgehead atoms. The van der Waals surface area contributed by atoms with Crippen LogP contribution in [0.15, 0.2) is 48.5 Å². The fraction of sp³-hybridized carbons (Fsp3) is 0.158. The molecule has 0 saturated carbocycles. The van der Waals surface area contributed by atoms with Gasteiger partial charge in [-0.3, -0.25) is 0 Å². The highest BCUT2D eigenvalue weighted by atomic mass is 35.5. The lowest BCUT2D eigenvalue weighted by Gasteiger charge is -2.16. The van der Waals surface area contributed by atoms with Crippen LogP contribution in [0.1, 0.15) is 11.1 Å². The molecule has 3 nitrogen and oxygen atoms in total. The first-order valence-corrected chi connectivity index (χ1v) is 7.65. The van der Waals surface area contributed by atoms with Gasteiger partial charge in [0.15, 0.2) is 0 Å². The van der Waals surface area contributed by atoms with Crippen LogP contribution >= 0.6 is 11.6 Å². The molecule has 23 heavy (non-hydrogen) atoms. The first-order chi connectivity index (χ1) is 11.1. The average molecular weight is 329 g/mol. The second-order valence-electron chi connectivity index (χ2n) is 5.32. The molecular formula is C19H17ClO3. The van der Waals surface area contributed by atoms with Gasteiger partial charge in [0.25, 0.3) is 0 Å². The SMILES string of the molecule is COc1c(C)cc(O)c2c(OCc3ccccc3)ccc(Cl)c12. The molecule has 1 N–H and O–H groups in total. The van der Waals surface area contributed by atoms with E-state index >= 15 is 0 Å². The molecule has 0 spiro atoms. The molecule has 0 amide bonds. The van der Waals surface area contributed by atoms with Crippen molar-refractivity contribution in [3.05, 3.63) is 64.7 Å². The Bertz CT molecular complexity index is 844. The lowest BCUT2D eigenvalue weighted by atomic mass is 10.0. The van der Waals surface area contributed by atoms with Crippen molar-refractivity contribution in [3.63, 3.8) is 0 Å². The van der Waals surface area contributed by atoms with E-state index in [-0.39, 0.29) is 5.75 Å². The van der Waals surface area contributed by atoms with Gasteiger partial charge in [-0.25, -0.2) is 0 Å². The molecule has 3 aromatic carbocycles. The number of benzene rings is 3. The van der Waals surface area contributed by atoms with Crippen molar-refractivity contribution in [2.75, 3.05) is 7.11 Å². The monoisotopic (exact) mass is 328 g/mol. The summed E-state index contributed by atoms with van der Waals surface area (Å²) < 4.78 is 11.4. The Hall–Kier alpha value is -2.39. The topological polar surface area (TPSA) is 38.7 Å². The highest BCUT2D eigenvalue weighted by Gasteiger charge is 2.17. The predicted octanol–water partition coefficient (Wildman–Crippen LogP) is 5.09. The molecule has 0 aliphatic rings. The largest absolute Gasteiger partial charge is 0.507 e. The van der Waals surface area contributed by atoms with Gasteiger partial charge in [0, 0.05) is 0 Å². The molecule has 118 valence electrons. The van der Waals surface area contributed by atoms with E-state index in [0.29, 0.717) is 33.9 Å². The fourth-order valence-electron chi connectivity index (χ4n) is 2.69. The molecule has 0 aliphatic heterocycles. The lowest BCUT2D eigenvalue weighted by molar-refractivity contribution is 0.309. The summed E-state index contributed by atoms with van der Waals surface area (Å²) >= 11 is 6.33. The maximum Gasteiger partial charge on any atom is 0.131 e. The number of hydrogen-bond acceptors (Lipinski definition) is 3. The molecule has 0 unspecified atom stereocenters. The molecular weight excluding hydrogens is 312 g/mol. The van der Waals surface area contributed by atoms with Crippen LogP contribution in [-0.2, 0) is 6.61 Å². The summed E-state index contributed by atoms with van der Waals surface area (Å²) in [4.78, 5) is 0. The minimum atomic E-state index is 0.129. The van der Waals surface area contributed by atoms with Crippen molar-refractivity contribution in [1.29, 1.82) is 0 Å². The van der Waals surface area contributed by atoms with Crippen molar-refractivity contribution in [3.8, 4) is 17.2 Å². The summed E-state index contributed by atoms with van der Waals surface area (Å²) in [6, 6.07) is 15.0. The quantitative estimate of drug-likeness (QED) is 0.724. The van der Waals surface area contributed by atoms with E-state index in [0.717, 1.165) is 11.1 Å². The van der Waals surface area contributed by atoms with Crippen molar-refractivity contribution in [2.24, 2.45) is 0 Å². The van der Waals surface area contributed by atoms with Gasteiger partial charge in [0.2, 0.25) is 0 Å². The number of phenols is 1. The Labute approximate surface area is 140 Å². The number of methoxy groups -OCH3 is 1. The van der Waals surface area contributed by atoms with Crippen LogP contribution < -0.4 is 9.47 Å². The molecule has 0 saturated heterocycles. The van der Waals surface area contributed by atoms with Crippen molar-refractivity contribution < 1.29 is 14.6 Å². The highest BCUT2D eigenvalue weighted by Crippen LogP contribution is 2.44. The third kappa shape index (κ3) is 2.92. The Kier molecular flexibility index (Phi) is 4.30. The molecule has 0 aromatic heterocycles. The first-order valence-electron chi connectivity index (χ1n) is 7.27. The Balaban J connectivity index is 2.09. The van der Waals surface area contributed by atoms with Gasteiger partial charge in [-0.1, -0.05) is 41.9 Å². The van der Waals surface area contributed by atoms with E-state index in [1.165, 1.54) is 0 Å². The van der Waals surface area contributed by atoms with Gasteiger partial charge in [-0.15, -0.1) is 0 Å². The predicted molar refractivity (Wildman–Crippen MR) is 92.7 cm³/mol. The van der Waals surface area contributed by atoms with Gasteiger partial charge in [0.1, 0.15) is 23.9 Å². The second kappa shape index (κ2) is 6.39. The molecule has 3 aromatic rings. The van der Waals surface area contributed by atoms with Crippen LogP contribution in [0.5, 0.6) is 17.2 Å². The van der Waals surface area contributed by atoms with Crippen LogP contribution in [0.3, 0.4) is 0 Å². The second-order valence-corrected chi connectivity index (χ2v) is 5.72. The van der Waals surface area contributed by atoms with E-state index in [2.05, 4.69) is 0 Å². The number of fused-ring (bicyclic) bond motifs is 1. The molecule has 3 rings (SSSR count). The summed E-state index contributed by atoms with van der Waals surface area (Å²) in [5, 5.41) is 12.1. The number of aryl methyl sites for hydroxylation is 1. The molecule has 0 radical (unpaired) electrons. The van der Waals surface area contributed by atoms with Gasteiger partial charge < -0.3 is 14.6 Å². The average Bonchev–Trinajstić information content (AvgIpc) is 2.55. The maximum atomic E-state index is 10.4. The summed E-state index contributed by atoms with van der Waals surface area (Å²) in [6.07, 6.45) is 0. The Morgan fingerprint density at radius 1 is 1.04 bits per heavy atom. The zero-order valence-corrected chi connectivity index (χ0v) is 13.7.